The van der Waals surface area contributed by atoms with Crippen LogP contribution in [0.1, 0.15) is 46.0 Å². The van der Waals surface area contributed by atoms with Crippen LogP contribution in [-0.2, 0) is 14.6 Å². The van der Waals surface area contributed by atoms with Crippen molar-refractivity contribution in [3.63, 3.8) is 0 Å². The number of carbonyl (C=O) groups is 1. The molecule has 0 aliphatic carbocycles. The van der Waals surface area contributed by atoms with Gasteiger partial charge in [-0.25, -0.2) is 13.2 Å². The fourth-order valence-electron chi connectivity index (χ4n) is 2.56. The zero-order valence-electron chi connectivity index (χ0n) is 13.4. The minimum Gasteiger partial charge on any atom is -0.447 e. The van der Waals surface area contributed by atoms with Crippen molar-refractivity contribution in [2.24, 2.45) is 0 Å². The third-order valence-corrected chi connectivity index (χ3v) is 5.37. The Kier molecular flexibility index (Phi) is 7.16. The van der Waals surface area contributed by atoms with Crippen molar-refractivity contribution >= 4 is 15.9 Å². The molecule has 0 aromatic heterocycles. The average molecular weight is 359 g/mol. The van der Waals surface area contributed by atoms with E-state index in [9.17, 15) is 26.4 Å². The summed E-state index contributed by atoms with van der Waals surface area (Å²) < 4.78 is 64.6. The van der Waals surface area contributed by atoms with Gasteiger partial charge in [-0.3, -0.25) is 0 Å². The van der Waals surface area contributed by atoms with E-state index in [0.29, 0.717) is 13.0 Å². The lowest BCUT2D eigenvalue weighted by molar-refractivity contribution is -0.129. The molecule has 1 fully saturated rings. The van der Waals surface area contributed by atoms with Gasteiger partial charge >= 0.3 is 12.3 Å². The van der Waals surface area contributed by atoms with Crippen molar-refractivity contribution in [3.05, 3.63) is 0 Å². The quantitative estimate of drug-likeness (QED) is 0.700. The molecule has 0 saturated carbocycles. The number of halogens is 3. The molecule has 0 N–H and O–H groups in total. The minimum absolute atomic E-state index is 0.0981. The van der Waals surface area contributed by atoms with Crippen LogP contribution in [0.5, 0.6) is 0 Å². The van der Waals surface area contributed by atoms with Gasteiger partial charge in [0.05, 0.1) is 24.0 Å². The Bertz CT molecular complexity index is 491. The molecule has 1 heterocycles. The molecule has 1 amide bonds. The highest BCUT2D eigenvalue weighted by Gasteiger charge is 2.32. The van der Waals surface area contributed by atoms with Crippen LogP contribution in [0.15, 0.2) is 0 Å². The van der Waals surface area contributed by atoms with E-state index in [1.54, 1.807) is 18.7 Å². The van der Waals surface area contributed by atoms with Gasteiger partial charge in [0.25, 0.3) is 0 Å². The molecular formula is C14H24F3NO4S. The van der Waals surface area contributed by atoms with Crippen LogP contribution in [0.3, 0.4) is 0 Å². The van der Waals surface area contributed by atoms with Crippen LogP contribution >= 0.6 is 0 Å². The summed E-state index contributed by atoms with van der Waals surface area (Å²) in [5.74, 6) is -1.16. The Morgan fingerprint density at radius 3 is 2.52 bits per heavy atom. The van der Waals surface area contributed by atoms with E-state index in [0.717, 1.165) is 12.8 Å². The largest absolute Gasteiger partial charge is 0.447 e. The second kappa shape index (κ2) is 8.21. The Morgan fingerprint density at radius 1 is 1.30 bits per heavy atom. The molecule has 0 spiro atoms. The third-order valence-electron chi connectivity index (χ3n) is 3.64. The molecule has 0 aromatic rings. The number of likely N-dealkylation sites (tertiary alicyclic amines) is 1. The molecule has 1 aliphatic heterocycles. The number of sulfone groups is 1. The lowest BCUT2D eigenvalue weighted by Crippen LogP contribution is -2.37. The van der Waals surface area contributed by atoms with Gasteiger partial charge < -0.3 is 9.64 Å². The average Bonchev–Trinajstić information content (AvgIpc) is 2.83. The van der Waals surface area contributed by atoms with Crippen LogP contribution in [-0.4, -0.2) is 55.8 Å². The highest BCUT2D eigenvalue weighted by atomic mass is 32.2. The fourth-order valence-corrected chi connectivity index (χ4v) is 3.91. The lowest BCUT2D eigenvalue weighted by atomic mass is 10.1. The molecule has 1 rings (SSSR count). The number of alkyl halides is 3. The van der Waals surface area contributed by atoms with Gasteiger partial charge in [0.1, 0.15) is 0 Å². The van der Waals surface area contributed by atoms with Crippen LogP contribution in [0, 0.1) is 0 Å². The highest BCUT2D eigenvalue weighted by molar-refractivity contribution is 7.91. The molecule has 9 heteroatoms. The maximum Gasteiger partial charge on any atom is 0.410 e. The van der Waals surface area contributed by atoms with Crippen LogP contribution in [0.2, 0.25) is 0 Å². The Hall–Kier alpha value is -0.990. The normalized spacial score (nSPS) is 19.4. The number of nitrogens with zero attached hydrogens (tertiary/aromatic N) is 1. The summed E-state index contributed by atoms with van der Waals surface area (Å²) in [5, 5.41) is 0. The van der Waals surface area contributed by atoms with Gasteiger partial charge in [-0.15, -0.1) is 0 Å². The first-order valence-corrected chi connectivity index (χ1v) is 9.57. The Labute approximate surface area is 135 Å². The van der Waals surface area contributed by atoms with Gasteiger partial charge in [0.15, 0.2) is 9.84 Å². The van der Waals surface area contributed by atoms with E-state index in [-0.39, 0.29) is 24.3 Å². The topological polar surface area (TPSA) is 63.7 Å². The zero-order chi connectivity index (χ0) is 17.7. The van der Waals surface area contributed by atoms with E-state index in [1.165, 1.54) is 0 Å². The molecule has 0 bridgehead atoms. The van der Waals surface area contributed by atoms with Crippen molar-refractivity contribution in [2.45, 2.75) is 64.3 Å². The number of rotatable bonds is 7. The van der Waals surface area contributed by atoms with E-state index in [1.807, 2.05) is 0 Å². The first kappa shape index (κ1) is 20.1. The third kappa shape index (κ3) is 7.90. The smallest absolute Gasteiger partial charge is 0.410 e. The van der Waals surface area contributed by atoms with Gasteiger partial charge in [-0.1, -0.05) is 0 Å². The predicted octanol–water partition coefficient (Wildman–Crippen LogP) is 3.14. The standard InChI is InChI=1S/C14H24F3NO4S/c1-11(2)22-13(19)18-8-3-5-12(18)6-4-9-23(20,21)10-7-14(15,16)17/h11-12H,3-10H2,1-2H3. The van der Waals surface area contributed by atoms with E-state index < -0.39 is 34.3 Å². The minimum atomic E-state index is -4.46. The summed E-state index contributed by atoms with van der Waals surface area (Å²) in [5.41, 5.74) is 0. The summed E-state index contributed by atoms with van der Waals surface area (Å²) in [6.07, 6.45) is -4.14. The molecule has 1 saturated heterocycles. The summed E-state index contributed by atoms with van der Waals surface area (Å²) in [6.45, 7) is 4.06. The van der Waals surface area contributed by atoms with Crippen molar-refractivity contribution in [3.8, 4) is 0 Å². The predicted molar refractivity (Wildman–Crippen MR) is 79.9 cm³/mol. The number of hydrogen-bond donors (Lipinski definition) is 0. The molecule has 1 atom stereocenters. The summed E-state index contributed by atoms with van der Waals surface area (Å²) in [4.78, 5) is 13.5. The second-order valence-electron chi connectivity index (χ2n) is 6.08. The number of amides is 1. The van der Waals surface area contributed by atoms with E-state index in [4.69, 9.17) is 4.74 Å². The van der Waals surface area contributed by atoms with Gasteiger partial charge in [0.2, 0.25) is 0 Å². The monoisotopic (exact) mass is 359 g/mol. The van der Waals surface area contributed by atoms with Crippen molar-refractivity contribution in [1.29, 1.82) is 0 Å². The zero-order valence-corrected chi connectivity index (χ0v) is 14.3. The Morgan fingerprint density at radius 2 is 1.96 bits per heavy atom. The van der Waals surface area contributed by atoms with Crippen LogP contribution in [0.4, 0.5) is 18.0 Å². The molecule has 1 aliphatic rings. The first-order chi connectivity index (χ1) is 10.5. The fraction of sp³-hybridized carbons (Fsp3) is 0.929. The second-order valence-corrected chi connectivity index (χ2v) is 8.38. The van der Waals surface area contributed by atoms with Gasteiger partial charge in [-0.05, 0) is 39.5 Å². The molecule has 136 valence electrons. The first-order valence-electron chi connectivity index (χ1n) is 7.74. The van der Waals surface area contributed by atoms with Crippen molar-refractivity contribution in [1.82, 2.24) is 4.90 Å². The number of carbonyl (C=O) groups excluding carboxylic acids is 1. The molecule has 0 aromatic carbocycles. The SMILES string of the molecule is CC(C)OC(=O)N1CCCC1CCCS(=O)(=O)CCC(F)(F)F. The molecule has 0 radical (unpaired) electrons. The molecule has 23 heavy (non-hydrogen) atoms. The summed E-state index contributed by atoms with van der Waals surface area (Å²) in [7, 11) is -3.72. The lowest BCUT2D eigenvalue weighted by Gasteiger charge is -2.25. The van der Waals surface area contributed by atoms with E-state index in [2.05, 4.69) is 0 Å². The molecular weight excluding hydrogens is 335 g/mol. The van der Waals surface area contributed by atoms with E-state index >= 15 is 0 Å². The van der Waals surface area contributed by atoms with Crippen molar-refractivity contribution in [2.75, 3.05) is 18.1 Å². The molecule has 1 unspecified atom stereocenters. The highest BCUT2D eigenvalue weighted by Crippen LogP contribution is 2.24. The van der Waals surface area contributed by atoms with Crippen LogP contribution in [0.25, 0.3) is 0 Å². The number of hydrogen-bond acceptors (Lipinski definition) is 4. The number of ether oxygens (including phenoxy) is 1. The Balaban J connectivity index is 2.40. The van der Waals surface area contributed by atoms with Gasteiger partial charge in [0, 0.05) is 12.6 Å². The maximum absolute atomic E-state index is 12.1. The van der Waals surface area contributed by atoms with Crippen LogP contribution < -0.4 is 0 Å². The van der Waals surface area contributed by atoms with Gasteiger partial charge in [-0.2, -0.15) is 13.2 Å². The van der Waals surface area contributed by atoms with Crippen molar-refractivity contribution < 1.29 is 31.1 Å². The maximum atomic E-state index is 12.1. The summed E-state index contributed by atoms with van der Waals surface area (Å²) in [6, 6.07) is -0.0981. The summed E-state index contributed by atoms with van der Waals surface area (Å²) >= 11 is 0. The molecule has 5 nitrogen and oxygen atoms in total.